The Hall–Kier alpha value is -2.08. The van der Waals surface area contributed by atoms with Crippen molar-refractivity contribution in [2.45, 2.75) is 52.1 Å². The van der Waals surface area contributed by atoms with Crippen LogP contribution in [0.25, 0.3) is 0 Å². The summed E-state index contributed by atoms with van der Waals surface area (Å²) in [5.41, 5.74) is 3.21. The minimum atomic E-state index is -0.468. The SMILES string of the molecule is CC(C)(C)OC(=O)N1CCN(CCC(=O)Nc2ccc3c(c2)CCC3)CC1. The molecule has 1 fully saturated rings. The minimum Gasteiger partial charge on any atom is -0.444 e. The number of aryl methyl sites for hydroxylation is 2. The number of ether oxygens (including phenoxy) is 1. The van der Waals surface area contributed by atoms with Gasteiger partial charge in [-0.15, -0.1) is 0 Å². The summed E-state index contributed by atoms with van der Waals surface area (Å²) in [6, 6.07) is 6.25. The third kappa shape index (κ3) is 5.70. The number of fused-ring (bicyclic) bond motifs is 1. The van der Waals surface area contributed by atoms with Crippen LogP contribution in [-0.2, 0) is 22.4 Å². The van der Waals surface area contributed by atoms with Gasteiger partial charge in [-0.25, -0.2) is 4.79 Å². The number of benzene rings is 1. The van der Waals surface area contributed by atoms with Crippen LogP contribution in [0.4, 0.5) is 10.5 Å². The maximum atomic E-state index is 12.3. The summed E-state index contributed by atoms with van der Waals surface area (Å²) in [6.07, 6.45) is 3.68. The molecule has 1 aliphatic carbocycles. The second kappa shape index (κ2) is 8.30. The lowest BCUT2D eigenvalue weighted by atomic mass is 10.1. The molecule has 0 bridgehead atoms. The fourth-order valence-corrected chi connectivity index (χ4v) is 3.61. The monoisotopic (exact) mass is 373 g/mol. The van der Waals surface area contributed by atoms with Gasteiger partial charge in [-0.1, -0.05) is 6.07 Å². The van der Waals surface area contributed by atoms with Crippen molar-refractivity contribution in [3.63, 3.8) is 0 Å². The fraction of sp³-hybridized carbons (Fsp3) is 0.619. The van der Waals surface area contributed by atoms with Crippen LogP contribution in [0.3, 0.4) is 0 Å². The van der Waals surface area contributed by atoms with Gasteiger partial charge in [0.05, 0.1) is 0 Å². The van der Waals surface area contributed by atoms with E-state index in [2.05, 4.69) is 22.3 Å². The second-order valence-corrected chi connectivity index (χ2v) is 8.44. The van der Waals surface area contributed by atoms with E-state index in [1.54, 1.807) is 4.90 Å². The van der Waals surface area contributed by atoms with Gasteiger partial charge in [0.1, 0.15) is 5.60 Å². The third-order valence-corrected chi connectivity index (χ3v) is 5.06. The quantitative estimate of drug-likeness (QED) is 0.881. The van der Waals surface area contributed by atoms with Gasteiger partial charge < -0.3 is 15.0 Å². The van der Waals surface area contributed by atoms with Gasteiger partial charge in [-0.05, 0) is 63.3 Å². The Morgan fingerprint density at radius 2 is 1.78 bits per heavy atom. The Morgan fingerprint density at radius 3 is 2.48 bits per heavy atom. The molecule has 2 amide bonds. The molecule has 1 saturated heterocycles. The lowest BCUT2D eigenvalue weighted by Crippen LogP contribution is -2.50. The molecular weight excluding hydrogens is 342 g/mol. The van der Waals surface area contributed by atoms with Crippen LogP contribution in [-0.4, -0.2) is 60.1 Å². The van der Waals surface area contributed by atoms with Crippen LogP contribution >= 0.6 is 0 Å². The van der Waals surface area contributed by atoms with Gasteiger partial charge in [0.25, 0.3) is 0 Å². The summed E-state index contributed by atoms with van der Waals surface area (Å²) in [5, 5.41) is 3.01. The predicted molar refractivity (Wildman–Crippen MR) is 106 cm³/mol. The summed E-state index contributed by atoms with van der Waals surface area (Å²) in [6.45, 7) is 9.15. The molecule has 0 atom stereocenters. The number of piperazine rings is 1. The van der Waals surface area contributed by atoms with Crippen molar-refractivity contribution >= 4 is 17.7 Å². The smallest absolute Gasteiger partial charge is 0.410 e. The summed E-state index contributed by atoms with van der Waals surface area (Å²) >= 11 is 0. The number of amides is 2. The highest BCUT2D eigenvalue weighted by Gasteiger charge is 2.25. The number of anilines is 1. The number of carbonyl (C=O) groups excluding carboxylic acids is 2. The Balaban J connectivity index is 1.38. The number of nitrogens with zero attached hydrogens (tertiary/aromatic N) is 2. The average molecular weight is 373 g/mol. The average Bonchev–Trinajstić information content (AvgIpc) is 3.06. The van der Waals surface area contributed by atoms with E-state index in [0.717, 1.165) is 31.6 Å². The first kappa shape index (κ1) is 19.7. The molecule has 0 aromatic heterocycles. The van der Waals surface area contributed by atoms with Gasteiger partial charge in [0, 0.05) is 44.8 Å². The topological polar surface area (TPSA) is 61.9 Å². The molecule has 3 rings (SSSR count). The minimum absolute atomic E-state index is 0.0440. The zero-order valence-electron chi connectivity index (χ0n) is 16.7. The number of nitrogens with one attached hydrogen (secondary N) is 1. The first-order valence-electron chi connectivity index (χ1n) is 9.92. The number of hydrogen-bond donors (Lipinski definition) is 1. The summed E-state index contributed by atoms with van der Waals surface area (Å²) in [5.74, 6) is 0.0440. The molecule has 1 aromatic carbocycles. The van der Waals surface area contributed by atoms with Crippen LogP contribution in [0.15, 0.2) is 18.2 Å². The van der Waals surface area contributed by atoms with Crippen molar-refractivity contribution in [2.24, 2.45) is 0 Å². The van der Waals surface area contributed by atoms with Crippen molar-refractivity contribution < 1.29 is 14.3 Å². The van der Waals surface area contributed by atoms with E-state index in [-0.39, 0.29) is 12.0 Å². The Labute approximate surface area is 161 Å². The molecule has 0 spiro atoms. The van der Waals surface area contributed by atoms with E-state index in [1.165, 1.54) is 17.5 Å². The molecule has 27 heavy (non-hydrogen) atoms. The van der Waals surface area contributed by atoms with Crippen molar-refractivity contribution in [1.82, 2.24) is 9.80 Å². The Morgan fingerprint density at radius 1 is 1.07 bits per heavy atom. The van der Waals surface area contributed by atoms with E-state index in [9.17, 15) is 9.59 Å². The highest BCUT2D eigenvalue weighted by atomic mass is 16.6. The highest BCUT2D eigenvalue weighted by molar-refractivity contribution is 5.91. The van der Waals surface area contributed by atoms with Crippen LogP contribution in [0.5, 0.6) is 0 Å². The second-order valence-electron chi connectivity index (χ2n) is 8.44. The number of carbonyl (C=O) groups is 2. The lowest BCUT2D eigenvalue weighted by Gasteiger charge is -2.35. The summed E-state index contributed by atoms with van der Waals surface area (Å²) < 4.78 is 5.41. The molecule has 2 aliphatic rings. The molecule has 0 saturated carbocycles. The normalized spacial score (nSPS) is 17.5. The molecule has 0 unspecified atom stereocenters. The molecule has 1 N–H and O–H groups in total. The predicted octanol–water partition coefficient (Wildman–Crippen LogP) is 3.06. The van der Waals surface area contributed by atoms with Crippen molar-refractivity contribution in [2.75, 3.05) is 38.0 Å². The molecule has 6 heteroatoms. The van der Waals surface area contributed by atoms with Gasteiger partial charge in [-0.3, -0.25) is 9.69 Å². The fourth-order valence-electron chi connectivity index (χ4n) is 3.61. The molecule has 1 heterocycles. The van der Waals surface area contributed by atoms with Crippen LogP contribution < -0.4 is 5.32 Å². The third-order valence-electron chi connectivity index (χ3n) is 5.06. The molecular formula is C21H31N3O3. The largest absolute Gasteiger partial charge is 0.444 e. The number of hydrogen-bond acceptors (Lipinski definition) is 4. The molecule has 1 aromatic rings. The molecule has 6 nitrogen and oxygen atoms in total. The van der Waals surface area contributed by atoms with Gasteiger partial charge in [0.15, 0.2) is 0 Å². The highest BCUT2D eigenvalue weighted by Crippen LogP contribution is 2.25. The molecule has 0 radical (unpaired) electrons. The van der Waals surface area contributed by atoms with Crippen LogP contribution in [0, 0.1) is 0 Å². The molecule has 148 valence electrons. The van der Waals surface area contributed by atoms with E-state index in [1.807, 2.05) is 26.8 Å². The van der Waals surface area contributed by atoms with Crippen LogP contribution in [0.1, 0.15) is 44.7 Å². The van der Waals surface area contributed by atoms with Gasteiger partial charge in [0.2, 0.25) is 5.91 Å². The zero-order chi connectivity index (χ0) is 19.4. The van der Waals surface area contributed by atoms with Gasteiger partial charge >= 0.3 is 6.09 Å². The van der Waals surface area contributed by atoms with E-state index < -0.39 is 5.60 Å². The lowest BCUT2D eigenvalue weighted by molar-refractivity contribution is -0.116. The van der Waals surface area contributed by atoms with Crippen molar-refractivity contribution in [3.05, 3.63) is 29.3 Å². The maximum absolute atomic E-state index is 12.3. The van der Waals surface area contributed by atoms with E-state index >= 15 is 0 Å². The standard InChI is InChI=1S/C21H31N3O3/c1-21(2,3)27-20(26)24-13-11-23(12-14-24)10-9-19(25)22-18-8-7-16-5-4-6-17(16)15-18/h7-8,15H,4-6,9-14H2,1-3H3,(H,22,25). The van der Waals surface area contributed by atoms with Crippen molar-refractivity contribution in [1.29, 1.82) is 0 Å². The number of rotatable bonds is 4. The van der Waals surface area contributed by atoms with E-state index in [0.29, 0.717) is 26.1 Å². The summed E-state index contributed by atoms with van der Waals surface area (Å²) in [4.78, 5) is 28.3. The van der Waals surface area contributed by atoms with Crippen LogP contribution in [0.2, 0.25) is 0 Å². The summed E-state index contributed by atoms with van der Waals surface area (Å²) in [7, 11) is 0. The maximum Gasteiger partial charge on any atom is 0.410 e. The first-order valence-corrected chi connectivity index (χ1v) is 9.92. The first-order chi connectivity index (χ1) is 12.8. The Bertz CT molecular complexity index is 688. The van der Waals surface area contributed by atoms with Crippen molar-refractivity contribution in [3.8, 4) is 0 Å². The van der Waals surface area contributed by atoms with Gasteiger partial charge in [-0.2, -0.15) is 0 Å². The zero-order valence-corrected chi connectivity index (χ0v) is 16.7. The molecule has 1 aliphatic heterocycles. The van der Waals surface area contributed by atoms with E-state index in [4.69, 9.17) is 4.74 Å². The Kier molecular flexibility index (Phi) is 6.05.